The molecule has 38 heavy (non-hydrogen) atoms. The van der Waals surface area contributed by atoms with E-state index in [0.717, 1.165) is 5.69 Å². The average Bonchev–Trinajstić information content (AvgIpc) is 2.80. The molecule has 0 aliphatic heterocycles. The van der Waals surface area contributed by atoms with Crippen LogP contribution in [0, 0.1) is 11.8 Å². The first-order valence-corrected chi connectivity index (χ1v) is 12.6. The molecule has 1 saturated carbocycles. The molecule has 0 heterocycles. The Morgan fingerprint density at radius 2 is 1.82 bits per heavy atom. The molecule has 1 unspecified atom stereocenters. The molecule has 206 valence electrons. The van der Waals surface area contributed by atoms with Crippen LogP contribution in [0.15, 0.2) is 23.0 Å². The number of hydrogen-bond donors (Lipinski definition) is 6. The lowest BCUT2D eigenvalue weighted by Crippen LogP contribution is -2.65. The van der Waals surface area contributed by atoms with E-state index in [0.29, 0.717) is 17.7 Å². The van der Waals surface area contributed by atoms with Crippen molar-refractivity contribution in [2.45, 2.75) is 50.9 Å². The molecule has 0 bridgehead atoms. The fourth-order valence-electron chi connectivity index (χ4n) is 6.19. The number of fused-ring (bicyclic) bond motifs is 3. The van der Waals surface area contributed by atoms with Crippen molar-refractivity contribution in [2.24, 2.45) is 17.6 Å². The quantitative estimate of drug-likeness (QED) is 0.286. The van der Waals surface area contributed by atoms with Crippen LogP contribution in [0.4, 0.5) is 5.69 Å². The molecule has 1 aromatic rings. The van der Waals surface area contributed by atoms with E-state index in [1.807, 2.05) is 38.9 Å². The van der Waals surface area contributed by atoms with Crippen molar-refractivity contribution in [3.63, 3.8) is 0 Å². The van der Waals surface area contributed by atoms with Crippen molar-refractivity contribution in [2.75, 3.05) is 33.1 Å². The molecule has 4 rings (SSSR count). The van der Waals surface area contributed by atoms with Gasteiger partial charge in [0.25, 0.3) is 5.91 Å². The highest BCUT2D eigenvalue weighted by molar-refractivity contribution is 6.24. The molecule has 1 fully saturated rings. The van der Waals surface area contributed by atoms with Crippen LogP contribution in [-0.2, 0) is 27.3 Å². The van der Waals surface area contributed by atoms with Crippen LogP contribution >= 0.6 is 0 Å². The fourth-order valence-corrected chi connectivity index (χ4v) is 6.19. The summed E-state index contributed by atoms with van der Waals surface area (Å²) in [6, 6.07) is 0.852. The van der Waals surface area contributed by atoms with E-state index in [-0.39, 0.29) is 35.8 Å². The maximum Gasteiger partial charge on any atom is 0.255 e. The lowest BCUT2D eigenvalue weighted by molar-refractivity contribution is -0.153. The zero-order valence-electron chi connectivity index (χ0n) is 22.5. The second-order valence-electron chi connectivity index (χ2n) is 11.1. The Bertz CT molecular complexity index is 1300. The van der Waals surface area contributed by atoms with Gasteiger partial charge in [0.1, 0.15) is 22.8 Å². The topological polar surface area (TPSA) is 177 Å². The van der Waals surface area contributed by atoms with Crippen LogP contribution < -0.4 is 16.0 Å². The number of phenolic OH excluding ortho intramolecular Hbond substituents is 1. The Kier molecular flexibility index (Phi) is 6.84. The summed E-state index contributed by atoms with van der Waals surface area (Å²) in [5.74, 6) is -6.55. The normalized spacial score (nSPS) is 27.0. The number of amides is 1. The van der Waals surface area contributed by atoms with Gasteiger partial charge >= 0.3 is 0 Å². The molecule has 3 aliphatic carbocycles. The number of aliphatic hydroxyl groups excluding tert-OH is 2. The third-order valence-electron chi connectivity index (χ3n) is 7.96. The van der Waals surface area contributed by atoms with E-state index in [9.17, 15) is 34.8 Å². The predicted octanol–water partition coefficient (Wildman–Crippen LogP) is 0.528. The first-order chi connectivity index (χ1) is 17.6. The summed E-state index contributed by atoms with van der Waals surface area (Å²) in [5.41, 5.74) is 3.71. The number of phenols is 1. The standard InChI is InChI=1S/C27H36N4O7/c1-11(2)29-10-13-9-16(30(3)4)14-7-12-8-15-20(31(5)6)23(34)19(26(28)37)25(36)27(15,38)24(35)17(12)22(33)18(14)21(13)32/h9,11-12,15,20,29,32-33,36,38H,7-8,10H2,1-6H3,(H2,28,37)/t12-,15-,20?,27-/m0/s1. The third-order valence-corrected chi connectivity index (χ3v) is 7.96. The largest absolute Gasteiger partial charge is 0.508 e. The summed E-state index contributed by atoms with van der Waals surface area (Å²) in [7, 11) is 6.82. The molecule has 4 atom stereocenters. The maximum absolute atomic E-state index is 14.0. The van der Waals surface area contributed by atoms with Crippen molar-refractivity contribution in [1.82, 2.24) is 10.2 Å². The smallest absolute Gasteiger partial charge is 0.255 e. The lowest BCUT2D eigenvalue weighted by atomic mass is 9.57. The van der Waals surface area contributed by atoms with Gasteiger partial charge in [-0.05, 0) is 44.5 Å². The van der Waals surface area contributed by atoms with Crippen molar-refractivity contribution in [1.29, 1.82) is 0 Å². The minimum absolute atomic E-state index is 0.0516. The molecule has 0 spiro atoms. The number of carbonyl (C=O) groups is 3. The summed E-state index contributed by atoms with van der Waals surface area (Å²) in [4.78, 5) is 42.6. The van der Waals surface area contributed by atoms with Gasteiger partial charge in [0, 0.05) is 49.4 Å². The van der Waals surface area contributed by atoms with Gasteiger partial charge in [-0.15, -0.1) is 0 Å². The molecule has 3 aliphatic rings. The van der Waals surface area contributed by atoms with Gasteiger partial charge in [-0.1, -0.05) is 13.8 Å². The number of anilines is 1. The minimum Gasteiger partial charge on any atom is -0.508 e. The molecule has 1 aromatic carbocycles. The number of aromatic hydroxyl groups is 1. The van der Waals surface area contributed by atoms with Gasteiger partial charge in [0.15, 0.2) is 11.4 Å². The summed E-state index contributed by atoms with van der Waals surface area (Å²) >= 11 is 0. The highest BCUT2D eigenvalue weighted by atomic mass is 16.3. The minimum atomic E-state index is -2.65. The average molecular weight is 529 g/mol. The number of Topliss-reactive ketones (excluding diaryl/α,β-unsaturated/α-hetero) is 2. The van der Waals surface area contributed by atoms with Crippen LogP contribution in [0.2, 0.25) is 0 Å². The van der Waals surface area contributed by atoms with Crippen LogP contribution in [0.25, 0.3) is 5.76 Å². The lowest BCUT2D eigenvalue weighted by Gasteiger charge is -2.50. The second-order valence-corrected chi connectivity index (χ2v) is 11.1. The van der Waals surface area contributed by atoms with Gasteiger partial charge in [0.05, 0.1) is 11.6 Å². The molecule has 0 aromatic heterocycles. The van der Waals surface area contributed by atoms with Gasteiger partial charge in [0.2, 0.25) is 5.78 Å². The van der Waals surface area contributed by atoms with Gasteiger partial charge in [-0.2, -0.15) is 0 Å². The number of nitrogens with two attached hydrogens (primary N) is 1. The molecular weight excluding hydrogens is 492 g/mol. The van der Waals surface area contributed by atoms with Crippen LogP contribution in [-0.4, -0.2) is 88.7 Å². The van der Waals surface area contributed by atoms with Crippen molar-refractivity contribution >= 4 is 28.9 Å². The number of nitrogens with one attached hydrogen (secondary N) is 1. The number of carbonyl (C=O) groups excluding carboxylic acids is 3. The number of ketones is 2. The molecule has 11 nitrogen and oxygen atoms in total. The Balaban J connectivity index is 1.97. The number of nitrogens with zero attached hydrogens (tertiary/aromatic N) is 2. The number of hydrogen-bond acceptors (Lipinski definition) is 10. The molecule has 1 amide bonds. The Hall–Kier alpha value is -3.41. The predicted molar refractivity (Wildman–Crippen MR) is 141 cm³/mol. The van der Waals surface area contributed by atoms with Crippen LogP contribution in [0.5, 0.6) is 5.75 Å². The van der Waals surface area contributed by atoms with Crippen molar-refractivity contribution in [3.05, 3.63) is 39.7 Å². The van der Waals surface area contributed by atoms with Crippen molar-refractivity contribution < 1.29 is 34.8 Å². The van der Waals surface area contributed by atoms with Crippen molar-refractivity contribution in [3.8, 4) is 5.75 Å². The Morgan fingerprint density at radius 3 is 2.34 bits per heavy atom. The van der Waals surface area contributed by atoms with Gasteiger partial charge < -0.3 is 36.4 Å². The molecule has 0 saturated heterocycles. The summed E-state index contributed by atoms with van der Waals surface area (Å²) < 4.78 is 0. The van der Waals surface area contributed by atoms with Gasteiger partial charge in [-0.25, -0.2) is 0 Å². The van der Waals surface area contributed by atoms with E-state index < -0.39 is 58.0 Å². The van der Waals surface area contributed by atoms with E-state index in [4.69, 9.17) is 5.73 Å². The Morgan fingerprint density at radius 1 is 1.18 bits per heavy atom. The van der Waals surface area contributed by atoms with E-state index >= 15 is 0 Å². The molecule has 7 N–H and O–H groups in total. The SMILES string of the molecule is CC(C)NCc1cc(N(C)C)c2c(c1O)C(O)=C1C(=O)[C@]3(O)C(O)=C(C(N)=O)C(=O)C(N(C)C)[C@@H]3C[C@@H]1C2. The summed E-state index contributed by atoms with van der Waals surface area (Å²) in [6.07, 6.45) is 0.295. The number of primary amides is 1. The zero-order valence-corrected chi connectivity index (χ0v) is 22.5. The van der Waals surface area contributed by atoms with E-state index in [2.05, 4.69) is 5.32 Å². The molecule has 0 radical (unpaired) electrons. The first-order valence-electron chi connectivity index (χ1n) is 12.6. The summed E-state index contributed by atoms with van der Waals surface area (Å²) in [5, 5.41) is 48.6. The highest BCUT2D eigenvalue weighted by Crippen LogP contribution is 2.54. The maximum atomic E-state index is 14.0. The van der Waals surface area contributed by atoms with E-state index in [1.54, 1.807) is 14.1 Å². The number of rotatable bonds is 6. The number of benzene rings is 1. The molecular formula is C27H36N4O7. The molecule has 11 heteroatoms. The van der Waals surface area contributed by atoms with Crippen LogP contribution in [0.1, 0.15) is 37.0 Å². The Labute approximate surface area is 221 Å². The summed E-state index contributed by atoms with van der Waals surface area (Å²) in [6.45, 7) is 4.22. The fraction of sp³-hybridized carbons (Fsp3) is 0.519. The highest BCUT2D eigenvalue weighted by Gasteiger charge is 2.64. The van der Waals surface area contributed by atoms with E-state index in [1.165, 1.54) is 4.90 Å². The monoisotopic (exact) mass is 528 g/mol. The number of aliphatic hydroxyl groups is 3. The zero-order chi connectivity index (χ0) is 28.4. The second kappa shape index (κ2) is 9.40. The first kappa shape index (κ1) is 27.6. The third kappa shape index (κ3) is 3.88. The van der Waals surface area contributed by atoms with Crippen LogP contribution in [0.3, 0.4) is 0 Å². The number of likely N-dealkylation sites (N-methyl/N-ethyl adjacent to an activating group) is 1. The van der Waals surface area contributed by atoms with Gasteiger partial charge in [-0.3, -0.25) is 19.3 Å².